The van der Waals surface area contributed by atoms with Gasteiger partial charge in [-0.25, -0.2) is 0 Å². The van der Waals surface area contributed by atoms with E-state index < -0.39 is 22.7 Å². The van der Waals surface area contributed by atoms with Crippen molar-refractivity contribution in [2.24, 2.45) is 0 Å². The van der Waals surface area contributed by atoms with Gasteiger partial charge in [-0.2, -0.15) is 13.2 Å². The molecule has 0 aliphatic rings. The molecule has 1 aromatic rings. The molecule has 4 nitrogen and oxygen atoms in total. The van der Waals surface area contributed by atoms with Crippen LogP contribution >= 0.6 is 0 Å². The largest absolute Gasteiger partial charge is 0.416 e. The Morgan fingerprint density at radius 2 is 1.79 bits per heavy atom. The van der Waals surface area contributed by atoms with Gasteiger partial charge in [0.1, 0.15) is 5.69 Å². The Morgan fingerprint density at radius 1 is 1.21 bits per heavy atom. The quantitative estimate of drug-likeness (QED) is 0.486. The van der Waals surface area contributed by atoms with E-state index in [1.165, 1.54) is 0 Å². The Labute approximate surface area is 76.9 Å². The number of hydrogen-bond donors (Lipinski definition) is 3. The summed E-state index contributed by atoms with van der Waals surface area (Å²) in [4.78, 5) is 0. The average molecular weight is 208 g/mol. The molecular formula is C7H7F3N2O2. The van der Waals surface area contributed by atoms with E-state index in [1.54, 1.807) is 0 Å². The van der Waals surface area contributed by atoms with Crippen molar-refractivity contribution in [3.63, 3.8) is 0 Å². The van der Waals surface area contributed by atoms with Crippen molar-refractivity contribution in [3.8, 4) is 0 Å². The van der Waals surface area contributed by atoms with Crippen LogP contribution in [0.3, 0.4) is 0 Å². The monoisotopic (exact) mass is 208 g/mol. The van der Waals surface area contributed by atoms with Gasteiger partial charge >= 0.3 is 6.18 Å². The smallest absolute Gasteiger partial charge is 0.397 e. The third-order valence-corrected chi connectivity index (χ3v) is 1.57. The van der Waals surface area contributed by atoms with Gasteiger partial charge < -0.3 is 5.73 Å². The van der Waals surface area contributed by atoms with E-state index in [4.69, 9.17) is 16.1 Å². The second kappa shape index (κ2) is 3.35. The highest BCUT2D eigenvalue weighted by molar-refractivity contribution is 5.66. The fourth-order valence-electron chi connectivity index (χ4n) is 0.893. The molecular weight excluding hydrogens is 201 g/mol. The summed E-state index contributed by atoms with van der Waals surface area (Å²) in [6, 6.07) is 2.23. The second-order valence-corrected chi connectivity index (χ2v) is 2.56. The van der Waals surface area contributed by atoms with E-state index in [2.05, 4.69) is 0 Å². The first-order valence-electron chi connectivity index (χ1n) is 3.47. The number of nitrogens with zero attached hydrogens (tertiary/aromatic N) is 1. The minimum Gasteiger partial charge on any atom is -0.397 e. The van der Waals surface area contributed by atoms with Gasteiger partial charge in [0.25, 0.3) is 0 Å². The summed E-state index contributed by atoms with van der Waals surface area (Å²) in [6.45, 7) is 0. The van der Waals surface area contributed by atoms with E-state index in [1.807, 2.05) is 0 Å². The van der Waals surface area contributed by atoms with Gasteiger partial charge in [-0.05, 0) is 18.2 Å². The lowest BCUT2D eigenvalue weighted by Crippen LogP contribution is -2.15. The van der Waals surface area contributed by atoms with Gasteiger partial charge in [-0.15, -0.1) is 5.23 Å². The van der Waals surface area contributed by atoms with Crippen molar-refractivity contribution in [1.29, 1.82) is 0 Å². The maximum atomic E-state index is 12.1. The predicted octanol–water partition coefficient (Wildman–Crippen LogP) is 1.87. The van der Waals surface area contributed by atoms with Gasteiger partial charge in [-0.3, -0.25) is 10.4 Å². The summed E-state index contributed by atoms with van der Waals surface area (Å²) in [5.74, 6) is 0. The molecule has 0 atom stereocenters. The van der Waals surface area contributed by atoms with Crippen LogP contribution in [0.1, 0.15) is 5.56 Å². The molecule has 1 rings (SSSR count). The fourth-order valence-corrected chi connectivity index (χ4v) is 0.893. The summed E-state index contributed by atoms with van der Waals surface area (Å²) in [5.41, 5.74) is 3.52. The van der Waals surface area contributed by atoms with Crippen LogP contribution in [0.5, 0.6) is 0 Å². The molecule has 0 spiro atoms. The number of rotatable bonds is 1. The minimum absolute atomic E-state index is 0.164. The maximum absolute atomic E-state index is 12.1. The molecule has 0 heterocycles. The third-order valence-electron chi connectivity index (χ3n) is 1.57. The maximum Gasteiger partial charge on any atom is 0.416 e. The van der Waals surface area contributed by atoms with Gasteiger partial charge in [-0.1, -0.05) is 0 Å². The highest BCUT2D eigenvalue weighted by atomic mass is 19.4. The van der Waals surface area contributed by atoms with Crippen LogP contribution in [0, 0.1) is 0 Å². The lowest BCUT2D eigenvalue weighted by atomic mass is 10.1. The van der Waals surface area contributed by atoms with Crippen molar-refractivity contribution in [2.45, 2.75) is 6.18 Å². The Balaban J connectivity index is 3.20. The highest BCUT2D eigenvalue weighted by Gasteiger charge is 2.31. The molecule has 0 saturated heterocycles. The predicted molar refractivity (Wildman–Crippen MR) is 41.9 cm³/mol. The molecule has 0 bridgehead atoms. The first kappa shape index (κ1) is 10.6. The first-order valence-corrected chi connectivity index (χ1v) is 3.47. The van der Waals surface area contributed by atoms with Crippen LogP contribution in [-0.2, 0) is 6.18 Å². The van der Waals surface area contributed by atoms with Crippen LogP contribution in [0.4, 0.5) is 24.5 Å². The van der Waals surface area contributed by atoms with E-state index in [-0.39, 0.29) is 5.69 Å². The van der Waals surface area contributed by atoms with Gasteiger partial charge in [0.15, 0.2) is 0 Å². The number of nitrogens with two attached hydrogens (primary N) is 1. The summed E-state index contributed by atoms with van der Waals surface area (Å²) in [5, 5.41) is 16.6. The van der Waals surface area contributed by atoms with Crippen molar-refractivity contribution >= 4 is 11.4 Å². The number of alkyl halides is 3. The molecule has 78 valence electrons. The molecule has 0 aliphatic carbocycles. The zero-order valence-electron chi connectivity index (χ0n) is 6.78. The minimum atomic E-state index is -4.54. The van der Waals surface area contributed by atoms with E-state index in [0.29, 0.717) is 6.07 Å². The lowest BCUT2D eigenvalue weighted by Gasteiger charge is -2.13. The molecule has 0 saturated carbocycles. The van der Waals surface area contributed by atoms with Crippen LogP contribution in [0.15, 0.2) is 18.2 Å². The first-order chi connectivity index (χ1) is 6.32. The molecule has 1 aromatic carbocycles. The van der Waals surface area contributed by atoms with E-state index >= 15 is 0 Å². The second-order valence-electron chi connectivity index (χ2n) is 2.56. The molecule has 0 aliphatic heterocycles. The van der Waals surface area contributed by atoms with E-state index in [9.17, 15) is 13.2 Å². The molecule has 0 radical (unpaired) electrons. The van der Waals surface area contributed by atoms with Gasteiger partial charge in [0, 0.05) is 0 Å². The van der Waals surface area contributed by atoms with Crippen LogP contribution in [0.25, 0.3) is 0 Å². The number of halogens is 3. The summed E-state index contributed by atoms with van der Waals surface area (Å²) in [7, 11) is 0. The summed E-state index contributed by atoms with van der Waals surface area (Å²) < 4.78 is 36.4. The normalized spacial score (nSPS) is 11.5. The average Bonchev–Trinajstić information content (AvgIpc) is 2.02. The molecule has 0 fully saturated rings. The number of hydrogen-bond acceptors (Lipinski definition) is 4. The number of nitrogen functional groups attached to an aromatic ring is 1. The SMILES string of the molecule is Nc1ccc(C(F)(F)F)cc1N(O)O. The topological polar surface area (TPSA) is 69.7 Å². The van der Waals surface area contributed by atoms with Crippen LogP contribution in [0.2, 0.25) is 0 Å². The fraction of sp³-hybridized carbons (Fsp3) is 0.143. The van der Waals surface area contributed by atoms with Crippen molar-refractivity contribution in [1.82, 2.24) is 0 Å². The lowest BCUT2D eigenvalue weighted by molar-refractivity contribution is -0.137. The zero-order chi connectivity index (χ0) is 10.9. The van der Waals surface area contributed by atoms with Crippen molar-refractivity contribution in [2.75, 3.05) is 11.0 Å². The third kappa shape index (κ3) is 2.06. The number of benzene rings is 1. The van der Waals surface area contributed by atoms with E-state index in [0.717, 1.165) is 12.1 Å². The Morgan fingerprint density at radius 3 is 2.21 bits per heavy atom. The molecule has 7 heteroatoms. The summed E-state index contributed by atoms with van der Waals surface area (Å²) >= 11 is 0. The van der Waals surface area contributed by atoms with Gasteiger partial charge in [0.05, 0.1) is 11.3 Å². The molecule has 0 amide bonds. The highest BCUT2D eigenvalue weighted by Crippen LogP contribution is 2.33. The van der Waals surface area contributed by atoms with Crippen molar-refractivity contribution < 1.29 is 23.6 Å². The Hall–Kier alpha value is -1.47. The molecule has 0 unspecified atom stereocenters. The molecule has 14 heavy (non-hydrogen) atoms. The standard InChI is InChI=1S/C7H7F3N2O2/c8-7(9,10)4-1-2-5(11)6(3-4)12(13)14/h1-3,13-14H,11H2. The number of anilines is 2. The van der Waals surface area contributed by atoms with Gasteiger partial charge in [0.2, 0.25) is 0 Å². The van der Waals surface area contributed by atoms with Crippen LogP contribution in [-0.4, -0.2) is 10.4 Å². The molecule has 4 N–H and O–H groups in total. The van der Waals surface area contributed by atoms with Crippen LogP contribution < -0.4 is 11.0 Å². The zero-order valence-corrected chi connectivity index (χ0v) is 6.78. The summed E-state index contributed by atoms with van der Waals surface area (Å²) in [6.07, 6.45) is -4.54. The molecule has 0 aromatic heterocycles. The Bertz CT molecular complexity index is 338. The van der Waals surface area contributed by atoms with Crippen molar-refractivity contribution in [3.05, 3.63) is 23.8 Å². The Kier molecular flexibility index (Phi) is 2.54.